The molecule has 2 aromatic rings. The van der Waals surface area contributed by atoms with Gasteiger partial charge in [0, 0.05) is 36.2 Å². The van der Waals surface area contributed by atoms with Gasteiger partial charge in [-0.15, -0.1) is 0 Å². The Bertz CT molecular complexity index is 927. The maximum atomic E-state index is 12.8. The Morgan fingerprint density at radius 1 is 1.13 bits per heavy atom. The summed E-state index contributed by atoms with van der Waals surface area (Å²) in [6.45, 7) is 2.17. The van der Waals surface area contributed by atoms with E-state index in [1.807, 2.05) is 36.4 Å². The molecule has 0 unspecified atom stereocenters. The molecular formula is C23H26BrN3O3. The number of ether oxygens (including phenoxy) is 1. The summed E-state index contributed by atoms with van der Waals surface area (Å²) in [4.78, 5) is 26.7. The molecule has 0 aliphatic carbocycles. The van der Waals surface area contributed by atoms with Crippen molar-refractivity contribution in [2.24, 2.45) is 0 Å². The van der Waals surface area contributed by atoms with Gasteiger partial charge in [0.25, 0.3) is 0 Å². The maximum absolute atomic E-state index is 12.8. The number of carbonyl (C=O) groups is 2. The van der Waals surface area contributed by atoms with Gasteiger partial charge in [0.05, 0.1) is 17.9 Å². The number of benzene rings is 2. The van der Waals surface area contributed by atoms with E-state index in [0.717, 1.165) is 35.0 Å². The Balaban J connectivity index is 1.47. The van der Waals surface area contributed by atoms with Crippen LogP contribution in [0, 0.1) is 0 Å². The van der Waals surface area contributed by atoms with Crippen molar-refractivity contribution < 1.29 is 14.3 Å². The lowest BCUT2D eigenvalue weighted by Gasteiger charge is -2.38. The molecule has 0 spiro atoms. The molecule has 2 N–H and O–H groups in total. The van der Waals surface area contributed by atoms with E-state index < -0.39 is 0 Å². The molecule has 0 bridgehead atoms. The van der Waals surface area contributed by atoms with E-state index >= 15 is 0 Å². The number of nitrogens with zero attached hydrogens (tertiary/aromatic N) is 1. The Hall–Kier alpha value is -2.22. The molecule has 2 amide bonds. The molecule has 0 aromatic heterocycles. The van der Waals surface area contributed by atoms with Crippen LogP contribution in [-0.2, 0) is 19.9 Å². The highest BCUT2D eigenvalue weighted by Gasteiger charge is 2.34. The minimum Gasteiger partial charge on any atom is -0.381 e. The fourth-order valence-corrected chi connectivity index (χ4v) is 4.63. The molecular weight excluding hydrogens is 446 g/mol. The molecule has 4 rings (SSSR count). The first-order valence-corrected chi connectivity index (χ1v) is 11.1. The van der Waals surface area contributed by atoms with E-state index in [0.29, 0.717) is 31.9 Å². The van der Waals surface area contributed by atoms with Gasteiger partial charge in [0.1, 0.15) is 0 Å². The molecule has 2 saturated heterocycles. The van der Waals surface area contributed by atoms with E-state index in [1.165, 1.54) is 0 Å². The standard InChI is InChI=1S/C23H26BrN3O3/c24-18-6-3-5-17(15-18)23(10-13-30-14-11-23)25-16-21(28)26-19-7-1-2-8-20(19)27-12-4-9-22(27)29/h1-3,5-8,15,25H,4,9-14,16H2,(H,26,28). The summed E-state index contributed by atoms with van der Waals surface area (Å²) in [6.07, 6.45) is 3.01. The Morgan fingerprint density at radius 3 is 2.67 bits per heavy atom. The van der Waals surface area contributed by atoms with Crippen LogP contribution in [0.1, 0.15) is 31.2 Å². The zero-order valence-corrected chi connectivity index (χ0v) is 18.4. The highest BCUT2D eigenvalue weighted by atomic mass is 79.9. The summed E-state index contributed by atoms with van der Waals surface area (Å²) in [5.41, 5.74) is 2.28. The summed E-state index contributed by atoms with van der Waals surface area (Å²) < 4.78 is 6.59. The number of hydrogen-bond donors (Lipinski definition) is 2. The molecule has 2 aromatic carbocycles. The van der Waals surface area contributed by atoms with Gasteiger partial charge in [-0.2, -0.15) is 0 Å². The second-order valence-corrected chi connectivity index (χ2v) is 8.69. The SMILES string of the molecule is O=C(CNC1(c2cccc(Br)c2)CCOCC1)Nc1ccccc1N1CCCC1=O. The van der Waals surface area contributed by atoms with Crippen molar-refractivity contribution in [3.63, 3.8) is 0 Å². The zero-order valence-electron chi connectivity index (χ0n) is 16.8. The van der Waals surface area contributed by atoms with Crippen LogP contribution in [0.4, 0.5) is 11.4 Å². The van der Waals surface area contributed by atoms with Crippen molar-refractivity contribution >= 4 is 39.1 Å². The Labute approximate surface area is 185 Å². The van der Waals surface area contributed by atoms with Crippen LogP contribution in [0.2, 0.25) is 0 Å². The monoisotopic (exact) mass is 471 g/mol. The molecule has 2 aliphatic heterocycles. The van der Waals surface area contributed by atoms with Gasteiger partial charge in [0.15, 0.2) is 0 Å². The van der Waals surface area contributed by atoms with Crippen LogP contribution in [-0.4, -0.2) is 38.1 Å². The minimum atomic E-state index is -0.302. The topological polar surface area (TPSA) is 70.7 Å². The lowest BCUT2D eigenvalue weighted by Crippen LogP contribution is -2.49. The van der Waals surface area contributed by atoms with E-state index in [9.17, 15) is 9.59 Å². The fraction of sp³-hybridized carbons (Fsp3) is 0.391. The van der Waals surface area contributed by atoms with E-state index in [2.05, 4.69) is 38.7 Å². The minimum absolute atomic E-state index is 0.102. The van der Waals surface area contributed by atoms with E-state index in [1.54, 1.807) is 4.90 Å². The predicted molar refractivity (Wildman–Crippen MR) is 121 cm³/mol. The summed E-state index contributed by atoms with van der Waals surface area (Å²) in [5.74, 6) is -0.0272. The van der Waals surface area contributed by atoms with E-state index in [-0.39, 0.29) is 23.9 Å². The van der Waals surface area contributed by atoms with Crippen molar-refractivity contribution in [1.82, 2.24) is 5.32 Å². The molecule has 7 heteroatoms. The average Bonchev–Trinajstić information content (AvgIpc) is 3.19. The fourth-order valence-electron chi connectivity index (χ4n) is 4.23. The molecule has 6 nitrogen and oxygen atoms in total. The first kappa shape index (κ1) is 21.0. The largest absolute Gasteiger partial charge is 0.381 e. The van der Waals surface area contributed by atoms with Crippen LogP contribution >= 0.6 is 15.9 Å². The summed E-state index contributed by atoms with van der Waals surface area (Å²) in [7, 11) is 0. The first-order chi connectivity index (χ1) is 14.6. The van der Waals surface area contributed by atoms with Crippen LogP contribution in [0.5, 0.6) is 0 Å². The third kappa shape index (κ3) is 4.58. The van der Waals surface area contributed by atoms with Crippen LogP contribution in [0.25, 0.3) is 0 Å². The summed E-state index contributed by atoms with van der Waals surface area (Å²) in [5, 5.41) is 6.49. The van der Waals surface area contributed by atoms with Gasteiger partial charge < -0.3 is 15.0 Å². The summed E-state index contributed by atoms with van der Waals surface area (Å²) in [6, 6.07) is 15.7. The number of para-hydroxylation sites is 2. The smallest absolute Gasteiger partial charge is 0.238 e. The molecule has 0 saturated carbocycles. The number of anilines is 2. The van der Waals surface area contributed by atoms with E-state index in [4.69, 9.17) is 4.74 Å². The average molecular weight is 472 g/mol. The molecule has 30 heavy (non-hydrogen) atoms. The lowest BCUT2D eigenvalue weighted by atomic mass is 9.82. The first-order valence-electron chi connectivity index (χ1n) is 10.4. The molecule has 2 heterocycles. The Kier molecular flexibility index (Phi) is 6.51. The number of nitrogens with one attached hydrogen (secondary N) is 2. The molecule has 0 atom stereocenters. The normalized spacial score (nSPS) is 18.4. The van der Waals surface area contributed by atoms with Crippen LogP contribution < -0.4 is 15.5 Å². The van der Waals surface area contributed by atoms with Crippen LogP contribution in [0.3, 0.4) is 0 Å². The van der Waals surface area contributed by atoms with Gasteiger partial charge in [0.2, 0.25) is 11.8 Å². The maximum Gasteiger partial charge on any atom is 0.238 e. The molecule has 2 fully saturated rings. The third-order valence-corrected chi connectivity index (χ3v) is 6.35. The van der Waals surface area contributed by atoms with Crippen molar-refractivity contribution in [3.8, 4) is 0 Å². The second kappa shape index (κ2) is 9.29. The number of carbonyl (C=O) groups excluding carboxylic acids is 2. The van der Waals surface area contributed by atoms with Gasteiger partial charge >= 0.3 is 0 Å². The lowest BCUT2D eigenvalue weighted by molar-refractivity contribution is -0.117. The number of amides is 2. The van der Waals surface area contributed by atoms with Gasteiger partial charge in [-0.1, -0.05) is 40.2 Å². The second-order valence-electron chi connectivity index (χ2n) is 7.77. The van der Waals surface area contributed by atoms with Crippen molar-refractivity contribution in [2.45, 2.75) is 31.2 Å². The van der Waals surface area contributed by atoms with Gasteiger partial charge in [-0.25, -0.2) is 0 Å². The van der Waals surface area contributed by atoms with Crippen molar-refractivity contribution in [2.75, 3.05) is 36.5 Å². The third-order valence-electron chi connectivity index (χ3n) is 5.85. The van der Waals surface area contributed by atoms with Crippen LogP contribution in [0.15, 0.2) is 53.0 Å². The summed E-state index contributed by atoms with van der Waals surface area (Å²) >= 11 is 3.55. The quantitative estimate of drug-likeness (QED) is 0.671. The van der Waals surface area contributed by atoms with Crippen molar-refractivity contribution in [1.29, 1.82) is 0 Å². The van der Waals surface area contributed by atoms with Gasteiger partial charge in [-0.3, -0.25) is 14.9 Å². The predicted octanol–water partition coefficient (Wildman–Crippen LogP) is 3.81. The number of rotatable bonds is 6. The number of hydrogen-bond acceptors (Lipinski definition) is 4. The Morgan fingerprint density at radius 2 is 1.93 bits per heavy atom. The zero-order chi connectivity index (χ0) is 21.0. The number of halogens is 1. The van der Waals surface area contributed by atoms with Crippen molar-refractivity contribution in [3.05, 3.63) is 58.6 Å². The molecule has 0 radical (unpaired) electrons. The highest BCUT2D eigenvalue weighted by molar-refractivity contribution is 9.10. The van der Waals surface area contributed by atoms with Gasteiger partial charge in [-0.05, 0) is 49.1 Å². The highest BCUT2D eigenvalue weighted by Crippen LogP contribution is 2.34. The molecule has 158 valence electrons. The molecule has 2 aliphatic rings.